The standard InChI is InChI=1S/C29H27ClN2O4/c1-17(33)32-24-10-5-4-9-22(24)31-23-14-20(18-11-12-26(35-2)27(16-18)36-3)15-25(34)28(23)29(32)19-7-6-8-21(30)13-19/h4-13,16,20,28-29H,14-15H2,1-3H3. The molecule has 184 valence electrons. The third-order valence-corrected chi connectivity index (χ3v) is 7.25. The summed E-state index contributed by atoms with van der Waals surface area (Å²) in [5.41, 5.74) is 3.94. The second kappa shape index (κ2) is 9.78. The average molecular weight is 503 g/mol. The fraction of sp³-hybridized carbons (Fsp3) is 0.276. The molecule has 0 radical (unpaired) electrons. The third-order valence-electron chi connectivity index (χ3n) is 7.02. The Hall–Kier alpha value is -3.64. The van der Waals surface area contributed by atoms with Crippen LogP contribution >= 0.6 is 11.6 Å². The maximum Gasteiger partial charge on any atom is 0.224 e. The van der Waals surface area contributed by atoms with E-state index < -0.39 is 12.0 Å². The number of amides is 1. The molecule has 1 aliphatic heterocycles. The van der Waals surface area contributed by atoms with Crippen molar-refractivity contribution in [1.82, 2.24) is 0 Å². The summed E-state index contributed by atoms with van der Waals surface area (Å²) in [6.45, 7) is 1.53. The van der Waals surface area contributed by atoms with Crippen molar-refractivity contribution in [1.29, 1.82) is 0 Å². The number of para-hydroxylation sites is 2. The first-order valence-electron chi connectivity index (χ1n) is 11.9. The molecule has 0 N–H and O–H groups in total. The average Bonchev–Trinajstić information content (AvgIpc) is 3.03. The Morgan fingerprint density at radius 3 is 2.44 bits per heavy atom. The van der Waals surface area contributed by atoms with Gasteiger partial charge in [-0.2, -0.15) is 0 Å². The lowest BCUT2D eigenvalue weighted by Gasteiger charge is -2.38. The molecule has 7 heteroatoms. The Labute approximate surface area is 215 Å². The largest absolute Gasteiger partial charge is 0.493 e. The zero-order chi connectivity index (χ0) is 25.4. The number of aliphatic imine (C=N–C) groups is 1. The van der Waals surface area contributed by atoms with E-state index in [4.69, 9.17) is 26.1 Å². The number of fused-ring (bicyclic) bond motifs is 2. The van der Waals surface area contributed by atoms with Gasteiger partial charge in [-0.25, -0.2) is 0 Å². The third kappa shape index (κ3) is 4.26. The number of methoxy groups -OCH3 is 2. The molecule has 3 aromatic carbocycles. The van der Waals surface area contributed by atoms with Crippen LogP contribution in [0.15, 0.2) is 71.7 Å². The first kappa shape index (κ1) is 24.1. The molecule has 1 aliphatic carbocycles. The smallest absolute Gasteiger partial charge is 0.224 e. The fourth-order valence-corrected chi connectivity index (χ4v) is 5.64. The monoisotopic (exact) mass is 502 g/mol. The summed E-state index contributed by atoms with van der Waals surface area (Å²) in [7, 11) is 3.20. The molecule has 36 heavy (non-hydrogen) atoms. The van der Waals surface area contributed by atoms with Crippen LogP contribution in [0.4, 0.5) is 11.4 Å². The molecule has 0 spiro atoms. The van der Waals surface area contributed by atoms with Gasteiger partial charge in [-0.3, -0.25) is 14.6 Å². The molecule has 1 heterocycles. The summed E-state index contributed by atoms with van der Waals surface area (Å²) in [6.07, 6.45) is 0.918. The van der Waals surface area contributed by atoms with Gasteiger partial charge in [0, 0.05) is 24.1 Å². The first-order chi connectivity index (χ1) is 17.4. The topological polar surface area (TPSA) is 68.2 Å². The minimum absolute atomic E-state index is 0.0452. The van der Waals surface area contributed by atoms with Crippen LogP contribution < -0.4 is 14.4 Å². The molecule has 3 unspecified atom stereocenters. The van der Waals surface area contributed by atoms with Crippen molar-refractivity contribution in [2.24, 2.45) is 10.9 Å². The lowest BCUT2D eigenvalue weighted by atomic mass is 9.72. The summed E-state index contributed by atoms with van der Waals surface area (Å²) in [5.74, 6) is 0.513. The summed E-state index contributed by atoms with van der Waals surface area (Å²) in [5, 5.41) is 0.554. The molecular weight excluding hydrogens is 476 g/mol. The van der Waals surface area contributed by atoms with Crippen LogP contribution in [0.2, 0.25) is 5.02 Å². The Morgan fingerprint density at radius 1 is 0.944 bits per heavy atom. The lowest BCUT2D eigenvalue weighted by molar-refractivity contribution is -0.123. The molecule has 2 aliphatic rings. The van der Waals surface area contributed by atoms with E-state index in [-0.39, 0.29) is 17.6 Å². The zero-order valence-corrected chi connectivity index (χ0v) is 21.2. The number of carbonyl (C=O) groups is 2. The van der Waals surface area contributed by atoms with E-state index in [1.807, 2.05) is 60.7 Å². The highest BCUT2D eigenvalue weighted by Crippen LogP contribution is 2.48. The van der Waals surface area contributed by atoms with E-state index >= 15 is 0 Å². The molecule has 0 aromatic heterocycles. The second-order valence-electron chi connectivity index (χ2n) is 9.14. The van der Waals surface area contributed by atoms with Crippen molar-refractivity contribution in [3.05, 3.63) is 82.9 Å². The van der Waals surface area contributed by atoms with Crippen LogP contribution in [0.1, 0.15) is 42.9 Å². The van der Waals surface area contributed by atoms with Crippen LogP contribution in [0, 0.1) is 5.92 Å². The van der Waals surface area contributed by atoms with Gasteiger partial charge >= 0.3 is 0 Å². The van der Waals surface area contributed by atoms with Crippen LogP contribution in [0.5, 0.6) is 11.5 Å². The maximum absolute atomic E-state index is 13.9. The summed E-state index contributed by atoms with van der Waals surface area (Å²) >= 11 is 6.36. The van der Waals surface area contributed by atoms with Crippen LogP contribution in [-0.2, 0) is 9.59 Å². The van der Waals surface area contributed by atoms with Crippen molar-refractivity contribution in [3.8, 4) is 11.5 Å². The van der Waals surface area contributed by atoms with E-state index in [2.05, 4.69) is 0 Å². The fourth-order valence-electron chi connectivity index (χ4n) is 5.44. The number of nitrogens with zero attached hydrogens (tertiary/aromatic N) is 2. The second-order valence-corrected chi connectivity index (χ2v) is 9.58. The minimum Gasteiger partial charge on any atom is -0.493 e. The predicted octanol–water partition coefficient (Wildman–Crippen LogP) is 6.30. The van der Waals surface area contributed by atoms with Gasteiger partial charge in [0.05, 0.1) is 37.6 Å². The van der Waals surface area contributed by atoms with Crippen molar-refractivity contribution in [2.45, 2.75) is 31.7 Å². The molecule has 1 saturated carbocycles. The molecule has 0 saturated heterocycles. The predicted molar refractivity (Wildman–Crippen MR) is 141 cm³/mol. The van der Waals surface area contributed by atoms with Gasteiger partial charge in [-0.1, -0.05) is 41.9 Å². The van der Waals surface area contributed by atoms with E-state index in [0.717, 1.165) is 16.8 Å². The Bertz CT molecular complexity index is 1370. The van der Waals surface area contributed by atoms with E-state index in [1.165, 1.54) is 6.92 Å². The molecular formula is C29H27ClN2O4. The minimum atomic E-state index is -0.573. The number of Topliss-reactive ketones (excluding diaryl/α,β-unsaturated/α-hetero) is 1. The SMILES string of the molecule is COc1ccc(C2CC(=O)C3C(=Nc4ccccc4N(C(C)=O)C3c3cccc(Cl)c3)C2)cc1OC. The highest BCUT2D eigenvalue weighted by Gasteiger charge is 2.45. The molecule has 1 fully saturated rings. The van der Waals surface area contributed by atoms with Gasteiger partial charge in [-0.05, 0) is 59.9 Å². The maximum atomic E-state index is 13.9. The van der Waals surface area contributed by atoms with Gasteiger partial charge in [0.2, 0.25) is 5.91 Å². The van der Waals surface area contributed by atoms with Crippen LogP contribution in [0.3, 0.4) is 0 Å². The highest BCUT2D eigenvalue weighted by molar-refractivity contribution is 6.30. The van der Waals surface area contributed by atoms with Gasteiger partial charge in [0.25, 0.3) is 0 Å². The molecule has 6 nitrogen and oxygen atoms in total. The summed E-state index contributed by atoms with van der Waals surface area (Å²) < 4.78 is 10.9. The number of halogens is 1. The Morgan fingerprint density at radius 2 is 1.72 bits per heavy atom. The molecule has 5 rings (SSSR count). The Kier molecular flexibility index (Phi) is 6.54. The quantitative estimate of drug-likeness (QED) is 0.420. The normalized spacial score (nSPS) is 21.1. The number of hydrogen-bond acceptors (Lipinski definition) is 5. The van der Waals surface area contributed by atoms with E-state index in [9.17, 15) is 9.59 Å². The van der Waals surface area contributed by atoms with E-state index in [1.54, 1.807) is 25.2 Å². The van der Waals surface area contributed by atoms with Crippen molar-refractivity contribution >= 4 is 40.4 Å². The molecule has 3 aromatic rings. The van der Waals surface area contributed by atoms with Crippen molar-refractivity contribution in [2.75, 3.05) is 19.1 Å². The summed E-state index contributed by atoms with van der Waals surface area (Å²) in [6, 6.07) is 20.2. The van der Waals surface area contributed by atoms with Crippen LogP contribution in [0.25, 0.3) is 0 Å². The number of carbonyl (C=O) groups excluding carboxylic acids is 2. The number of benzene rings is 3. The van der Waals surface area contributed by atoms with Crippen LogP contribution in [-0.4, -0.2) is 31.6 Å². The first-order valence-corrected chi connectivity index (χ1v) is 12.3. The number of rotatable bonds is 4. The van der Waals surface area contributed by atoms with Gasteiger partial charge < -0.3 is 14.4 Å². The number of ether oxygens (including phenoxy) is 2. The lowest BCUT2D eigenvalue weighted by Crippen LogP contribution is -2.45. The van der Waals surface area contributed by atoms with Gasteiger partial charge in [0.15, 0.2) is 11.5 Å². The zero-order valence-electron chi connectivity index (χ0n) is 20.4. The van der Waals surface area contributed by atoms with Crippen molar-refractivity contribution < 1.29 is 19.1 Å². The molecule has 3 atom stereocenters. The molecule has 1 amide bonds. The highest BCUT2D eigenvalue weighted by atomic mass is 35.5. The number of anilines is 1. The van der Waals surface area contributed by atoms with Crippen molar-refractivity contribution in [3.63, 3.8) is 0 Å². The summed E-state index contributed by atoms with van der Waals surface area (Å²) in [4.78, 5) is 33.7. The molecule has 0 bridgehead atoms. The van der Waals surface area contributed by atoms with E-state index in [0.29, 0.717) is 40.7 Å². The van der Waals surface area contributed by atoms with Gasteiger partial charge in [0.1, 0.15) is 5.78 Å². The Balaban J connectivity index is 1.64. The number of hydrogen-bond donors (Lipinski definition) is 0. The van der Waals surface area contributed by atoms with Gasteiger partial charge in [-0.15, -0.1) is 0 Å². The number of ketones is 1.